The number of benzene rings is 1. The number of hydrogen-bond acceptors (Lipinski definition) is 4. The maximum atomic E-state index is 11.0. The van der Waals surface area contributed by atoms with Gasteiger partial charge in [0, 0.05) is 5.02 Å². The fourth-order valence-corrected chi connectivity index (χ4v) is 1.06. The van der Waals surface area contributed by atoms with Crippen molar-refractivity contribution in [3.05, 3.63) is 23.2 Å². The largest absolute Gasteiger partial charge is 0.506 e. The van der Waals surface area contributed by atoms with Crippen LogP contribution in [0.2, 0.25) is 5.02 Å². The van der Waals surface area contributed by atoms with E-state index in [9.17, 15) is 9.90 Å². The van der Waals surface area contributed by atoms with E-state index in [1.807, 2.05) is 0 Å². The SMILES string of the molecule is O=C(Nc1cc(Cl)ccc1O)OCCO. The van der Waals surface area contributed by atoms with Gasteiger partial charge in [0.05, 0.1) is 12.3 Å². The molecule has 0 saturated carbocycles. The summed E-state index contributed by atoms with van der Waals surface area (Å²) in [4.78, 5) is 11.0. The van der Waals surface area contributed by atoms with E-state index in [-0.39, 0.29) is 24.7 Å². The highest BCUT2D eigenvalue weighted by molar-refractivity contribution is 6.31. The Balaban J connectivity index is 2.63. The normalized spacial score (nSPS) is 9.73. The summed E-state index contributed by atoms with van der Waals surface area (Å²) in [6, 6.07) is 4.22. The number of anilines is 1. The second-order valence-electron chi connectivity index (χ2n) is 2.65. The molecule has 0 heterocycles. The van der Waals surface area contributed by atoms with Crippen LogP contribution in [-0.2, 0) is 4.74 Å². The van der Waals surface area contributed by atoms with Gasteiger partial charge in [-0.2, -0.15) is 0 Å². The third-order valence-electron chi connectivity index (χ3n) is 1.52. The Hall–Kier alpha value is -1.46. The minimum absolute atomic E-state index is 0.104. The molecular formula is C9H10ClNO4. The van der Waals surface area contributed by atoms with Crippen LogP contribution in [0.3, 0.4) is 0 Å². The van der Waals surface area contributed by atoms with Crippen molar-refractivity contribution in [2.45, 2.75) is 0 Å². The maximum Gasteiger partial charge on any atom is 0.411 e. The average molecular weight is 232 g/mol. The molecule has 1 aromatic carbocycles. The molecule has 0 aliphatic heterocycles. The summed E-state index contributed by atoms with van der Waals surface area (Å²) < 4.78 is 4.54. The highest BCUT2D eigenvalue weighted by Crippen LogP contribution is 2.26. The first kappa shape index (κ1) is 11.6. The van der Waals surface area contributed by atoms with Crippen LogP contribution in [0.5, 0.6) is 5.75 Å². The van der Waals surface area contributed by atoms with E-state index in [0.717, 1.165) is 0 Å². The molecule has 0 spiro atoms. The number of ether oxygens (including phenoxy) is 1. The number of phenolic OH excluding ortho intramolecular Hbond substituents is 1. The smallest absolute Gasteiger partial charge is 0.411 e. The van der Waals surface area contributed by atoms with Crippen LogP contribution in [0, 0.1) is 0 Å². The van der Waals surface area contributed by atoms with Crippen LogP contribution in [0.4, 0.5) is 10.5 Å². The van der Waals surface area contributed by atoms with Gasteiger partial charge < -0.3 is 14.9 Å². The molecule has 3 N–H and O–H groups in total. The van der Waals surface area contributed by atoms with Crippen molar-refractivity contribution in [2.75, 3.05) is 18.5 Å². The highest BCUT2D eigenvalue weighted by atomic mass is 35.5. The average Bonchev–Trinajstić information content (AvgIpc) is 2.20. The predicted molar refractivity (Wildman–Crippen MR) is 55.2 cm³/mol. The summed E-state index contributed by atoms with van der Waals surface area (Å²) >= 11 is 5.66. The summed E-state index contributed by atoms with van der Waals surface area (Å²) in [5, 5.41) is 20.4. The number of amides is 1. The monoisotopic (exact) mass is 231 g/mol. The number of carbonyl (C=O) groups is 1. The van der Waals surface area contributed by atoms with Crippen molar-refractivity contribution in [3.63, 3.8) is 0 Å². The molecule has 1 amide bonds. The molecule has 1 rings (SSSR count). The summed E-state index contributed by atoms with van der Waals surface area (Å²) in [7, 11) is 0. The molecule has 0 bridgehead atoms. The second-order valence-corrected chi connectivity index (χ2v) is 3.08. The number of rotatable bonds is 3. The zero-order valence-electron chi connectivity index (χ0n) is 7.74. The predicted octanol–water partition coefficient (Wildman–Crippen LogP) is 1.59. The summed E-state index contributed by atoms with van der Waals surface area (Å²) in [5.41, 5.74) is 0.158. The first-order valence-electron chi connectivity index (χ1n) is 4.16. The highest BCUT2D eigenvalue weighted by Gasteiger charge is 2.07. The summed E-state index contributed by atoms with van der Waals surface area (Å²) in [6.45, 7) is -0.359. The topological polar surface area (TPSA) is 78.8 Å². The number of carbonyl (C=O) groups excluding carboxylic acids is 1. The first-order chi connectivity index (χ1) is 7.13. The quantitative estimate of drug-likeness (QED) is 0.691. The minimum Gasteiger partial charge on any atom is -0.506 e. The number of aromatic hydroxyl groups is 1. The molecule has 0 atom stereocenters. The van der Waals surface area contributed by atoms with Crippen LogP contribution in [0.15, 0.2) is 18.2 Å². The van der Waals surface area contributed by atoms with Crippen LogP contribution in [0.1, 0.15) is 0 Å². The molecule has 6 heteroatoms. The number of hydrogen-bond donors (Lipinski definition) is 3. The number of halogens is 1. The maximum absolute atomic E-state index is 11.0. The number of phenols is 1. The lowest BCUT2D eigenvalue weighted by Crippen LogP contribution is -2.15. The fraction of sp³-hybridized carbons (Fsp3) is 0.222. The van der Waals surface area contributed by atoms with Crippen LogP contribution in [0.25, 0.3) is 0 Å². The van der Waals surface area contributed by atoms with Crippen molar-refractivity contribution in [3.8, 4) is 5.75 Å². The van der Waals surface area contributed by atoms with Crippen molar-refractivity contribution < 1.29 is 19.7 Å². The molecule has 0 saturated heterocycles. The molecule has 0 unspecified atom stereocenters. The van der Waals surface area contributed by atoms with Crippen LogP contribution in [-0.4, -0.2) is 29.5 Å². The Kier molecular flexibility index (Phi) is 4.20. The van der Waals surface area contributed by atoms with E-state index >= 15 is 0 Å². The van der Waals surface area contributed by atoms with Gasteiger partial charge in [0.15, 0.2) is 0 Å². The Labute approximate surface area is 91.2 Å². The molecule has 0 aromatic heterocycles. The van der Waals surface area contributed by atoms with Gasteiger partial charge in [0.25, 0.3) is 0 Å². The fourth-order valence-electron chi connectivity index (χ4n) is 0.893. The van der Waals surface area contributed by atoms with Crippen LogP contribution < -0.4 is 5.32 Å². The number of nitrogens with one attached hydrogen (secondary N) is 1. The van der Waals surface area contributed by atoms with Gasteiger partial charge in [-0.1, -0.05) is 11.6 Å². The van der Waals surface area contributed by atoms with Gasteiger partial charge in [-0.15, -0.1) is 0 Å². The molecule has 82 valence electrons. The summed E-state index contributed by atoms with van der Waals surface area (Å²) in [5.74, 6) is -0.111. The molecule has 0 radical (unpaired) electrons. The molecule has 5 nitrogen and oxygen atoms in total. The van der Waals surface area contributed by atoms with E-state index in [1.165, 1.54) is 18.2 Å². The standard InChI is InChI=1S/C9H10ClNO4/c10-6-1-2-8(13)7(5-6)11-9(14)15-4-3-12/h1-2,5,12-13H,3-4H2,(H,11,14). The van der Waals surface area contributed by atoms with E-state index in [4.69, 9.17) is 16.7 Å². The lowest BCUT2D eigenvalue weighted by atomic mass is 10.3. The van der Waals surface area contributed by atoms with E-state index in [2.05, 4.69) is 10.1 Å². The van der Waals surface area contributed by atoms with Gasteiger partial charge in [-0.3, -0.25) is 5.32 Å². The minimum atomic E-state index is -0.762. The third-order valence-corrected chi connectivity index (χ3v) is 1.75. The van der Waals surface area contributed by atoms with E-state index in [1.54, 1.807) is 0 Å². The van der Waals surface area contributed by atoms with Gasteiger partial charge >= 0.3 is 6.09 Å². The summed E-state index contributed by atoms with van der Waals surface area (Å²) in [6.07, 6.45) is -0.762. The van der Waals surface area contributed by atoms with Gasteiger partial charge in [-0.25, -0.2) is 4.79 Å². The Bertz CT molecular complexity index is 356. The molecule has 0 aliphatic rings. The Morgan fingerprint density at radius 1 is 1.53 bits per heavy atom. The third kappa shape index (κ3) is 3.65. The van der Waals surface area contributed by atoms with E-state index < -0.39 is 6.09 Å². The number of aliphatic hydroxyl groups is 1. The van der Waals surface area contributed by atoms with Gasteiger partial charge in [-0.05, 0) is 18.2 Å². The van der Waals surface area contributed by atoms with Crippen molar-refractivity contribution in [2.24, 2.45) is 0 Å². The van der Waals surface area contributed by atoms with Crippen molar-refractivity contribution >= 4 is 23.4 Å². The molecule has 15 heavy (non-hydrogen) atoms. The van der Waals surface area contributed by atoms with Gasteiger partial charge in [0.1, 0.15) is 12.4 Å². The second kappa shape index (κ2) is 5.43. The number of aliphatic hydroxyl groups excluding tert-OH is 1. The zero-order chi connectivity index (χ0) is 11.3. The molecular weight excluding hydrogens is 222 g/mol. The molecule has 0 fully saturated rings. The van der Waals surface area contributed by atoms with Crippen LogP contribution >= 0.6 is 11.6 Å². The Morgan fingerprint density at radius 2 is 2.27 bits per heavy atom. The zero-order valence-corrected chi connectivity index (χ0v) is 8.49. The Morgan fingerprint density at radius 3 is 2.93 bits per heavy atom. The lowest BCUT2D eigenvalue weighted by Gasteiger charge is -2.07. The lowest BCUT2D eigenvalue weighted by molar-refractivity contribution is 0.131. The molecule has 1 aromatic rings. The first-order valence-corrected chi connectivity index (χ1v) is 4.54. The van der Waals surface area contributed by atoms with Crippen molar-refractivity contribution in [1.29, 1.82) is 0 Å². The van der Waals surface area contributed by atoms with E-state index in [0.29, 0.717) is 5.02 Å². The molecule has 0 aliphatic carbocycles. The van der Waals surface area contributed by atoms with Gasteiger partial charge in [0.2, 0.25) is 0 Å². The van der Waals surface area contributed by atoms with Crippen molar-refractivity contribution in [1.82, 2.24) is 0 Å².